The van der Waals surface area contributed by atoms with Crippen LogP contribution in [0.2, 0.25) is 5.02 Å². The molecule has 1 aromatic rings. The summed E-state index contributed by atoms with van der Waals surface area (Å²) in [5.41, 5.74) is 0.547. The first-order chi connectivity index (χ1) is 7.59. The Kier molecular flexibility index (Phi) is 5.25. The van der Waals surface area contributed by atoms with Crippen molar-refractivity contribution in [3.63, 3.8) is 0 Å². The summed E-state index contributed by atoms with van der Waals surface area (Å²) in [7, 11) is 1.81. The average molecular weight is 340 g/mol. The number of nitrogens with one attached hydrogen (secondary N) is 1. The molecule has 1 saturated heterocycles. The van der Waals surface area contributed by atoms with Gasteiger partial charge in [-0.05, 0) is 18.2 Å². The number of halogens is 3. The molecule has 3 nitrogen and oxygen atoms in total. The Hall–Kier alpha value is -0.290. The Morgan fingerprint density at radius 3 is 2.71 bits per heavy atom. The Labute approximate surface area is 120 Å². The Morgan fingerprint density at radius 2 is 2.18 bits per heavy atom. The molecule has 6 heteroatoms. The summed E-state index contributed by atoms with van der Waals surface area (Å²) in [5, 5.41) is 3.63. The smallest absolute Gasteiger partial charge is 0.255 e. The standard InChI is InChI=1S/C11H12BrClN2O.ClH/c1-15(8-5-14-6-8)11(16)9-4-7(12)2-3-10(9)13;/h2-4,8,14H,5-6H2,1H3;1H. The van der Waals surface area contributed by atoms with Crippen molar-refractivity contribution < 1.29 is 4.79 Å². The van der Waals surface area contributed by atoms with Crippen LogP contribution in [0.4, 0.5) is 0 Å². The number of nitrogens with zero attached hydrogens (tertiary/aromatic N) is 1. The highest BCUT2D eigenvalue weighted by atomic mass is 79.9. The monoisotopic (exact) mass is 338 g/mol. The van der Waals surface area contributed by atoms with E-state index in [1.165, 1.54) is 0 Å². The predicted octanol–water partition coefficient (Wildman–Crippen LogP) is 2.57. The van der Waals surface area contributed by atoms with E-state index in [2.05, 4.69) is 21.2 Å². The number of carbonyl (C=O) groups is 1. The van der Waals surface area contributed by atoms with Crippen LogP contribution in [-0.2, 0) is 0 Å². The summed E-state index contributed by atoms with van der Waals surface area (Å²) in [6.07, 6.45) is 0. The number of likely N-dealkylation sites (N-methyl/N-ethyl adjacent to an activating group) is 1. The minimum absolute atomic E-state index is 0. The summed E-state index contributed by atoms with van der Waals surface area (Å²) in [6.45, 7) is 1.71. The van der Waals surface area contributed by atoms with Gasteiger partial charge in [0.2, 0.25) is 0 Å². The van der Waals surface area contributed by atoms with Gasteiger partial charge in [0.25, 0.3) is 5.91 Å². The van der Waals surface area contributed by atoms with Crippen molar-refractivity contribution in [1.29, 1.82) is 0 Å². The number of hydrogen-bond donors (Lipinski definition) is 1. The second-order valence-corrected chi connectivity index (χ2v) is 5.18. The molecule has 1 aromatic carbocycles. The van der Waals surface area contributed by atoms with Crippen LogP contribution in [-0.4, -0.2) is 37.0 Å². The average Bonchev–Trinajstić information content (AvgIpc) is 2.18. The minimum atomic E-state index is -0.0298. The molecule has 17 heavy (non-hydrogen) atoms. The molecule has 0 aromatic heterocycles. The third-order valence-corrected chi connectivity index (χ3v) is 3.61. The van der Waals surface area contributed by atoms with E-state index in [9.17, 15) is 4.79 Å². The summed E-state index contributed by atoms with van der Waals surface area (Å²) in [4.78, 5) is 13.9. The van der Waals surface area contributed by atoms with Crippen LogP contribution in [0.5, 0.6) is 0 Å². The Morgan fingerprint density at radius 1 is 1.53 bits per heavy atom. The van der Waals surface area contributed by atoms with E-state index in [4.69, 9.17) is 11.6 Å². The molecule has 0 bridgehead atoms. The SMILES string of the molecule is CN(C(=O)c1cc(Br)ccc1Cl)C1CNC1.Cl. The van der Waals surface area contributed by atoms with Crippen LogP contribution in [0.15, 0.2) is 22.7 Å². The van der Waals surface area contributed by atoms with Gasteiger partial charge in [-0.25, -0.2) is 0 Å². The van der Waals surface area contributed by atoms with Crippen LogP contribution in [0, 0.1) is 0 Å². The lowest BCUT2D eigenvalue weighted by atomic mass is 10.1. The van der Waals surface area contributed by atoms with E-state index in [0.717, 1.165) is 17.6 Å². The minimum Gasteiger partial charge on any atom is -0.336 e. The predicted molar refractivity (Wildman–Crippen MR) is 75.2 cm³/mol. The van der Waals surface area contributed by atoms with Gasteiger partial charge in [0.05, 0.1) is 16.6 Å². The maximum absolute atomic E-state index is 12.1. The van der Waals surface area contributed by atoms with E-state index in [0.29, 0.717) is 10.6 Å². The molecule has 1 fully saturated rings. The highest BCUT2D eigenvalue weighted by molar-refractivity contribution is 9.10. The number of carbonyl (C=O) groups excluding carboxylic acids is 1. The second kappa shape index (κ2) is 6.05. The normalized spacial score (nSPS) is 14.8. The largest absolute Gasteiger partial charge is 0.336 e. The maximum Gasteiger partial charge on any atom is 0.255 e. The summed E-state index contributed by atoms with van der Waals surface area (Å²) in [6, 6.07) is 5.59. The van der Waals surface area contributed by atoms with Gasteiger partial charge in [-0.15, -0.1) is 12.4 Å². The van der Waals surface area contributed by atoms with Gasteiger partial charge in [-0.2, -0.15) is 0 Å². The molecule has 0 radical (unpaired) electrons. The molecular formula is C11H13BrCl2N2O. The van der Waals surface area contributed by atoms with E-state index in [1.807, 2.05) is 13.1 Å². The van der Waals surface area contributed by atoms with Crippen molar-refractivity contribution in [2.24, 2.45) is 0 Å². The number of rotatable bonds is 2. The fourth-order valence-electron chi connectivity index (χ4n) is 1.56. The topological polar surface area (TPSA) is 32.3 Å². The van der Waals surface area contributed by atoms with Crippen LogP contribution < -0.4 is 5.32 Å². The molecule has 1 aliphatic heterocycles. The fourth-order valence-corrected chi connectivity index (χ4v) is 2.12. The quantitative estimate of drug-likeness (QED) is 0.898. The van der Waals surface area contributed by atoms with Crippen molar-refractivity contribution in [1.82, 2.24) is 10.2 Å². The molecule has 94 valence electrons. The first-order valence-electron chi connectivity index (χ1n) is 5.02. The zero-order chi connectivity index (χ0) is 11.7. The van der Waals surface area contributed by atoms with Crippen LogP contribution in [0.25, 0.3) is 0 Å². The van der Waals surface area contributed by atoms with E-state index >= 15 is 0 Å². The first kappa shape index (κ1) is 14.8. The van der Waals surface area contributed by atoms with Crippen LogP contribution in [0.3, 0.4) is 0 Å². The molecule has 1 N–H and O–H groups in total. The van der Waals surface area contributed by atoms with E-state index in [-0.39, 0.29) is 24.4 Å². The highest BCUT2D eigenvalue weighted by Crippen LogP contribution is 2.23. The zero-order valence-corrected chi connectivity index (χ0v) is 12.4. The van der Waals surface area contributed by atoms with Crippen molar-refractivity contribution in [2.45, 2.75) is 6.04 Å². The summed E-state index contributed by atoms with van der Waals surface area (Å²) >= 11 is 9.36. The molecule has 2 rings (SSSR count). The Balaban J connectivity index is 0.00000144. The molecule has 0 spiro atoms. The van der Waals surface area contributed by atoms with Gasteiger partial charge < -0.3 is 10.2 Å². The number of benzene rings is 1. The van der Waals surface area contributed by atoms with E-state index in [1.54, 1.807) is 17.0 Å². The zero-order valence-electron chi connectivity index (χ0n) is 9.24. The Bertz CT molecular complexity index is 424. The number of amides is 1. The van der Waals surface area contributed by atoms with Gasteiger partial charge in [0.1, 0.15) is 0 Å². The van der Waals surface area contributed by atoms with Gasteiger partial charge >= 0.3 is 0 Å². The molecule has 0 atom stereocenters. The van der Waals surface area contributed by atoms with Gasteiger partial charge in [0.15, 0.2) is 0 Å². The third-order valence-electron chi connectivity index (χ3n) is 2.79. The molecule has 0 saturated carbocycles. The molecule has 1 amide bonds. The molecule has 1 heterocycles. The molecule has 0 unspecified atom stereocenters. The van der Waals surface area contributed by atoms with E-state index < -0.39 is 0 Å². The van der Waals surface area contributed by atoms with Gasteiger partial charge in [-0.1, -0.05) is 27.5 Å². The first-order valence-corrected chi connectivity index (χ1v) is 6.19. The van der Waals surface area contributed by atoms with Gasteiger partial charge in [0, 0.05) is 24.6 Å². The van der Waals surface area contributed by atoms with Gasteiger partial charge in [-0.3, -0.25) is 4.79 Å². The van der Waals surface area contributed by atoms with Crippen molar-refractivity contribution in [3.05, 3.63) is 33.3 Å². The fraction of sp³-hybridized carbons (Fsp3) is 0.364. The summed E-state index contributed by atoms with van der Waals surface area (Å²) < 4.78 is 0.861. The number of hydrogen-bond acceptors (Lipinski definition) is 2. The second-order valence-electron chi connectivity index (χ2n) is 3.85. The lowest BCUT2D eigenvalue weighted by Gasteiger charge is -2.35. The molecule has 0 aliphatic carbocycles. The van der Waals surface area contributed by atoms with Crippen molar-refractivity contribution >= 4 is 45.8 Å². The third kappa shape index (κ3) is 3.13. The molecule has 1 aliphatic rings. The maximum atomic E-state index is 12.1. The van der Waals surface area contributed by atoms with Crippen LogP contribution >= 0.6 is 39.9 Å². The summed E-state index contributed by atoms with van der Waals surface area (Å²) in [5.74, 6) is -0.0298. The lowest BCUT2D eigenvalue weighted by Crippen LogP contribution is -2.57. The van der Waals surface area contributed by atoms with Crippen molar-refractivity contribution in [2.75, 3.05) is 20.1 Å². The van der Waals surface area contributed by atoms with Crippen LogP contribution in [0.1, 0.15) is 10.4 Å². The molecular weight excluding hydrogens is 327 g/mol. The highest BCUT2D eigenvalue weighted by Gasteiger charge is 2.27. The van der Waals surface area contributed by atoms with Crippen molar-refractivity contribution in [3.8, 4) is 0 Å². The lowest BCUT2D eigenvalue weighted by molar-refractivity contribution is 0.0681.